The molecular formula is C17H14ClN3O2S. The first-order valence-corrected chi connectivity index (χ1v) is 9.14. The van der Waals surface area contributed by atoms with Crippen molar-refractivity contribution in [3.8, 4) is 17.3 Å². The maximum atomic E-state index is 11.4. The van der Waals surface area contributed by atoms with Crippen molar-refractivity contribution >= 4 is 32.5 Å². The fraction of sp³-hybridized carbons (Fsp3) is 0.118. The van der Waals surface area contributed by atoms with E-state index in [-0.39, 0.29) is 4.90 Å². The number of aryl methyl sites for hydroxylation is 1. The van der Waals surface area contributed by atoms with Gasteiger partial charge in [-0.1, -0.05) is 23.7 Å². The monoisotopic (exact) mass is 359 g/mol. The first-order valence-electron chi connectivity index (χ1n) is 7.22. The normalized spacial score (nSPS) is 11.6. The molecule has 3 aromatic rings. The van der Waals surface area contributed by atoms with E-state index >= 15 is 0 Å². The molecule has 2 aromatic carbocycles. The van der Waals surface area contributed by atoms with Gasteiger partial charge >= 0.3 is 0 Å². The number of halogens is 1. The molecule has 0 bridgehead atoms. The lowest BCUT2D eigenvalue weighted by atomic mass is 10.1. The smallest absolute Gasteiger partial charge is 0.238 e. The Hall–Kier alpha value is -2.33. The molecule has 0 unspecified atom stereocenters. The number of hydrogen-bond acceptors (Lipinski definition) is 3. The molecular weight excluding hydrogens is 346 g/mol. The predicted octanol–water partition coefficient (Wildman–Crippen LogP) is 3.50. The van der Waals surface area contributed by atoms with E-state index in [4.69, 9.17) is 16.7 Å². The Morgan fingerprint density at radius 2 is 1.88 bits per heavy atom. The molecule has 1 aromatic heterocycles. The van der Waals surface area contributed by atoms with Crippen molar-refractivity contribution in [2.75, 3.05) is 0 Å². The van der Waals surface area contributed by atoms with Crippen LogP contribution < -0.4 is 5.14 Å². The minimum absolute atomic E-state index is 0.0342. The van der Waals surface area contributed by atoms with Gasteiger partial charge in [-0.25, -0.2) is 13.6 Å². The topological polar surface area (TPSA) is 88.9 Å². The Morgan fingerprint density at radius 1 is 1.21 bits per heavy atom. The number of hydrogen-bond donors (Lipinski definition) is 1. The standard InChI is InChI=1S/C17H14ClN3O2S/c1-2-21-16-8-5-12(18)9-14(16)15(10-19)17(21)11-3-6-13(7-4-11)24(20,22)23/h3-9H,2H2,1H3,(H2,20,22,23). The summed E-state index contributed by atoms with van der Waals surface area (Å²) < 4.78 is 24.8. The quantitative estimate of drug-likeness (QED) is 0.776. The Bertz CT molecular complexity index is 1080. The number of aromatic nitrogens is 1. The van der Waals surface area contributed by atoms with Crippen LogP contribution in [-0.4, -0.2) is 13.0 Å². The van der Waals surface area contributed by atoms with E-state index in [0.29, 0.717) is 17.1 Å². The summed E-state index contributed by atoms with van der Waals surface area (Å²) in [7, 11) is -3.75. The van der Waals surface area contributed by atoms with Crippen molar-refractivity contribution in [1.29, 1.82) is 5.26 Å². The number of primary sulfonamides is 1. The number of benzene rings is 2. The molecule has 2 N–H and O–H groups in total. The highest BCUT2D eigenvalue weighted by Crippen LogP contribution is 2.35. The van der Waals surface area contributed by atoms with Crippen LogP contribution >= 0.6 is 11.6 Å². The Balaban J connectivity index is 2.31. The van der Waals surface area contributed by atoms with Crippen molar-refractivity contribution in [1.82, 2.24) is 4.57 Å². The fourth-order valence-electron chi connectivity index (χ4n) is 2.87. The molecule has 5 nitrogen and oxygen atoms in total. The van der Waals surface area contributed by atoms with E-state index < -0.39 is 10.0 Å². The van der Waals surface area contributed by atoms with E-state index in [0.717, 1.165) is 22.2 Å². The van der Waals surface area contributed by atoms with Crippen LogP contribution in [0.5, 0.6) is 0 Å². The molecule has 0 spiro atoms. The molecule has 0 amide bonds. The van der Waals surface area contributed by atoms with Crippen LogP contribution in [0.2, 0.25) is 5.02 Å². The van der Waals surface area contributed by atoms with E-state index in [1.165, 1.54) is 12.1 Å². The average molecular weight is 360 g/mol. The summed E-state index contributed by atoms with van der Waals surface area (Å²) in [6.45, 7) is 2.64. The third kappa shape index (κ3) is 2.67. The van der Waals surface area contributed by atoms with Gasteiger partial charge < -0.3 is 4.57 Å². The van der Waals surface area contributed by atoms with E-state index in [2.05, 4.69) is 6.07 Å². The van der Waals surface area contributed by atoms with Gasteiger partial charge in [-0.15, -0.1) is 0 Å². The maximum Gasteiger partial charge on any atom is 0.238 e. The zero-order valence-electron chi connectivity index (χ0n) is 12.8. The van der Waals surface area contributed by atoms with Crippen molar-refractivity contribution in [3.05, 3.63) is 53.1 Å². The van der Waals surface area contributed by atoms with Crippen LogP contribution in [0.25, 0.3) is 22.2 Å². The molecule has 0 aliphatic heterocycles. The first-order chi connectivity index (χ1) is 11.4. The maximum absolute atomic E-state index is 11.4. The lowest BCUT2D eigenvalue weighted by molar-refractivity contribution is 0.598. The summed E-state index contributed by atoms with van der Waals surface area (Å²) in [5, 5.41) is 16.1. The van der Waals surface area contributed by atoms with Crippen molar-refractivity contribution in [2.24, 2.45) is 5.14 Å². The summed E-state index contributed by atoms with van der Waals surface area (Å²) in [6, 6.07) is 13.9. The van der Waals surface area contributed by atoms with Crippen LogP contribution in [0.15, 0.2) is 47.4 Å². The second kappa shape index (κ2) is 5.95. The first kappa shape index (κ1) is 16.5. The second-order valence-corrected chi connectivity index (χ2v) is 7.31. The van der Waals surface area contributed by atoms with E-state index in [9.17, 15) is 13.7 Å². The number of fused-ring (bicyclic) bond motifs is 1. The second-order valence-electron chi connectivity index (χ2n) is 5.31. The SMILES string of the molecule is CCn1c(-c2ccc(S(N)(=O)=O)cc2)c(C#N)c2cc(Cl)ccc21. The largest absolute Gasteiger partial charge is 0.340 e. The lowest BCUT2D eigenvalue weighted by Crippen LogP contribution is -2.11. The molecule has 122 valence electrons. The van der Waals surface area contributed by atoms with Crippen LogP contribution in [-0.2, 0) is 16.6 Å². The Kier molecular flexibility index (Phi) is 4.10. The van der Waals surface area contributed by atoms with Crippen LogP contribution in [0.3, 0.4) is 0 Å². The summed E-state index contributed by atoms with van der Waals surface area (Å²) in [4.78, 5) is 0.0342. The number of nitrogens with zero attached hydrogens (tertiary/aromatic N) is 2. The molecule has 0 aliphatic carbocycles. The van der Waals surface area contributed by atoms with Gasteiger partial charge in [0.1, 0.15) is 6.07 Å². The summed E-state index contributed by atoms with van der Waals surface area (Å²) in [6.07, 6.45) is 0. The van der Waals surface area contributed by atoms with Gasteiger partial charge in [0.15, 0.2) is 0 Å². The highest BCUT2D eigenvalue weighted by atomic mass is 35.5. The number of rotatable bonds is 3. The summed E-state index contributed by atoms with van der Waals surface area (Å²) in [5.41, 5.74) is 2.90. The molecule has 0 saturated heterocycles. The molecule has 3 rings (SSSR count). The van der Waals surface area contributed by atoms with Crippen LogP contribution in [0.1, 0.15) is 12.5 Å². The van der Waals surface area contributed by atoms with Crippen LogP contribution in [0.4, 0.5) is 0 Å². The lowest BCUT2D eigenvalue weighted by Gasteiger charge is -2.09. The van der Waals surface area contributed by atoms with Crippen molar-refractivity contribution < 1.29 is 8.42 Å². The van der Waals surface area contributed by atoms with Crippen LogP contribution in [0, 0.1) is 11.3 Å². The molecule has 0 atom stereocenters. The highest BCUT2D eigenvalue weighted by Gasteiger charge is 2.18. The molecule has 0 fully saturated rings. The van der Waals surface area contributed by atoms with Gasteiger partial charge in [0, 0.05) is 22.5 Å². The third-order valence-electron chi connectivity index (χ3n) is 3.91. The molecule has 0 aliphatic rings. The van der Waals surface area contributed by atoms with Crippen molar-refractivity contribution in [3.63, 3.8) is 0 Å². The van der Waals surface area contributed by atoms with E-state index in [1.54, 1.807) is 24.3 Å². The van der Waals surface area contributed by atoms with Gasteiger partial charge in [0.25, 0.3) is 0 Å². The Labute approximate surface area is 144 Å². The summed E-state index contributed by atoms with van der Waals surface area (Å²) in [5.74, 6) is 0. The van der Waals surface area contributed by atoms with Gasteiger partial charge in [-0.3, -0.25) is 0 Å². The minimum atomic E-state index is -3.75. The number of nitriles is 1. The fourth-order valence-corrected chi connectivity index (χ4v) is 3.56. The molecule has 1 heterocycles. The minimum Gasteiger partial charge on any atom is -0.340 e. The Morgan fingerprint density at radius 3 is 2.42 bits per heavy atom. The molecule has 24 heavy (non-hydrogen) atoms. The highest BCUT2D eigenvalue weighted by molar-refractivity contribution is 7.89. The van der Waals surface area contributed by atoms with Gasteiger partial charge in [-0.2, -0.15) is 5.26 Å². The van der Waals surface area contributed by atoms with Crippen molar-refractivity contribution in [2.45, 2.75) is 18.4 Å². The van der Waals surface area contributed by atoms with Gasteiger partial charge in [0.05, 0.1) is 16.2 Å². The molecule has 0 saturated carbocycles. The number of sulfonamides is 1. The van der Waals surface area contributed by atoms with Gasteiger partial charge in [0.2, 0.25) is 10.0 Å². The van der Waals surface area contributed by atoms with E-state index in [1.807, 2.05) is 17.6 Å². The molecule has 7 heteroatoms. The zero-order chi connectivity index (χ0) is 17.5. The van der Waals surface area contributed by atoms with Gasteiger partial charge in [-0.05, 0) is 42.8 Å². The average Bonchev–Trinajstić information content (AvgIpc) is 2.86. The molecule has 0 radical (unpaired) electrons. The summed E-state index contributed by atoms with van der Waals surface area (Å²) >= 11 is 6.07. The third-order valence-corrected chi connectivity index (χ3v) is 5.07. The predicted molar refractivity (Wildman–Crippen MR) is 94.1 cm³/mol. The zero-order valence-corrected chi connectivity index (χ0v) is 14.4. The number of nitrogens with two attached hydrogens (primary N) is 1.